The fraction of sp³-hybridized carbons (Fsp3) is 0.308. The lowest BCUT2D eigenvalue weighted by molar-refractivity contribution is -0.140. The summed E-state index contributed by atoms with van der Waals surface area (Å²) in [4.78, 5) is 30.0. The van der Waals surface area contributed by atoms with Gasteiger partial charge in [-0.25, -0.2) is 0 Å². The molecule has 1 atom stereocenters. The van der Waals surface area contributed by atoms with Crippen molar-refractivity contribution in [3.63, 3.8) is 0 Å². The molecule has 2 fully saturated rings. The van der Waals surface area contributed by atoms with Gasteiger partial charge in [-0.15, -0.1) is 0 Å². The summed E-state index contributed by atoms with van der Waals surface area (Å²) >= 11 is 5.99. The van der Waals surface area contributed by atoms with Crippen LogP contribution < -0.4 is 4.74 Å². The average Bonchev–Trinajstić information content (AvgIpc) is 3.12. The number of halogens is 1. The maximum absolute atomic E-state index is 13.2. The van der Waals surface area contributed by atoms with Crippen LogP contribution in [0.25, 0.3) is 5.76 Å². The van der Waals surface area contributed by atoms with Crippen molar-refractivity contribution in [3.8, 4) is 5.75 Å². The molecule has 0 radical (unpaired) electrons. The van der Waals surface area contributed by atoms with Gasteiger partial charge in [-0.2, -0.15) is 0 Å². The highest BCUT2D eigenvalue weighted by atomic mass is 35.5. The summed E-state index contributed by atoms with van der Waals surface area (Å²) in [5, 5.41) is 11.6. The summed E-state index contributed by atoms with van der Waals surface area (Å²) in [7, 11) is 0. The fourth-order valence-electron chi connectivity index (χ4n) is 4.22. The molecular weight excluding hydrogens is 456 g/mol. The van der Waals surface area contributed by atoms with E-state index in [0.29, 0.717) is 54.8 Å². The van der Waals surface area contributed by atoms with E-state index in [1.807, 2.05) is 6.07 Å². The minimum Gasteiger partial charge on any atom is -0.507 e. The van der Waals surface area contributed by atoms with Crippen LogP contribution in [0.5, 0.6) is 5.75 Å². The molecule has 1 unspecified atom stereocenters. The van der Waals surface area contributed by atoms with Crippen molar-refractivity contribution in [2.45, 2.75) is 6.04 Å². The maximum Gasteiger partial charge on any atom is 0.295 e. The number of amides is 1. The number of likely N-dealkylation sites (tertiary alicyclic amines) is 1. The second kappa shape index (κ2) is 10.9. The van der Waals surface area contributed by atoms with Crippen molar-refractivity contribution < 1.29 is 24.2 Å². The molecule has 1 amide bonds. The van der Waals surface area contributed by atoms with Gasteiger partial charge >= 0.3 is 0 Å². The number of ketones is 1. The van der Waals surface area contributed by atoms with E-state index in [-0.39, 0.29) is 11.3 Å². The first kappa shape index (κ1) is 24.0. The van der Waals surface area contributed by atoms with Crippen LogP contribution >= 0.6 is 11.6 Å². The van der Waals surface area contributed by atoms with Gasteiger partial charge in [0.2, 0.25) is 0 Å². The van der Waals surface area contributed by atoms with Crippen molar-refractivity contribution in [1.29, 1.82) is 0 Å². The lowest BCUT2D eigenvalue weighted by Crippen LogP contribution is -2.42. The Morgan fingerprint density at radius 3 is 2.59 bits per heavy atom. The van der Waals surface area contributed by atoms with E-state index in [9.17, 15) is 14.7 Å². The molecule has 2 aliphatic heterocycles. The van der Waals surface area contributed by atoms with Gasteiger partial charge in [0.25, 0.3) is 11.7 Å². The lowest BCUT2D eigenvalue weighted by atomic mass is 9.95. The molecule has 0 saturated carbocycles. The summed E-state index contributed by atoms with van der Waals surface area (Å²) < 4.78 is 11.1. The standard InChI is InChI=1S/C26H27ClN2O5/c1-2-14-34-21-5-3-4-19(17-21)23-22(24(30)18-6-8-20(27)9-7-18)25(31)26(32)29(23)11-10-28-12-15-33-16-13-28/h2-9,17,23,30H,1,10-16H2/b24-22+. The van der Waals surface area contributed by atoms with Gasteiger partial charge in [-0.05, 0) is 42.0 Å². The Bertz CT molecular complexity index is 1090. The van der Waals surface area contributed by atoms with Gasteiger partial charge in [0, 0.05) is 36.8 Å². The van der Waals surface area contributed by atoms with Gasteiger partial charge < -0.3 is 19.5 Å². The Morgan fingerprint density at radius 1 is 1.15 bits per heavy atom. The fourth-order valence-corrected chi connectivity index (χ4v) is 4.35. The number of Topliss-reactive ketones (excluding diaryl/α,β-unsaturated/α-hetero) is 1. The predicted molar refractivity (Wildman–Crippen MR) is 130 cm³/mol. The largest absolute Gasteiger partial charge is 0.507 e. The summed E-state index contributed by atoms with van der Waals surface area (Å²) in [6.07, 6.45) is 1.64. The zero-order chi connectivity index (χ0) is 24.1. The second-order valence-electron chi connectivity index (χ2n) is 8.13. The highest BCUT2D eigenvalue weighted by Gasteiger charge is 2.46. The van der Waals surface area contributed by atoms with Crippen LogP contribution in [0.1, 0.15) is 17.2 Å². The monoisotopic (exact) mass is 482 g/mol. The lowest BCUT2D eigenvalue weighted by Gasteiger charge is -2.31. The zero-order valence-electron chi connectivity index (χ0n) is 18.8. The first-order valence-electron chi connectivity index (χ1n) is 11.2. The molecule has 2 aromatic rings. The maximum atomic E-state index is 13.2. The first-order chi connectivity index (χ1) is 16.5. The summed E-state index contributed by atoms with van der Waals surface area (Å²) in [5.74, 6) is -0.989. The smallest absolute Gasteiger partial charge is 0.295 e. The molecule has 2 aliphatic rings. The molecule has 4 rings (SSSR count). The van der Waals surface area contributed by atoms with Gasteiger partial charge in [0.1, 0.15) is 18.1 Å². The summed E-state index contributed by atoms with van der Waals surface area (Å²) in [5.41, 5.74) is 1.15. The predicted octanol–water partition coefficient (Wildman–Crippen LogP) is 3.66. The van der Waals surface area contributed by atoms with Crippen LogP contribution in [0.15, 0.2) is 66.8 Å². The Kier molecular flexibility index (Phi) is 7.67. The van der Waals surface area contributed by atoms with E-state index >= 15 is 0 Å². The third-order valence-electron chi connectivity index (χ3n) is 5.96. The Labute approximate surface area is 203 Å². The molecule has 0 bridgehead atoms. The molecule has 178 valence electrons. The van der Waals surface area contributed by atoms with E-state index in [2.05, 4.69) is 11.5 Å². The van der Waals surface area contributed by atoms with Crippen molar-refractivity contribution in [3.05, 3.63) is 82.9 Å². The normalized spacial score (nSPS) is 20.5. The first-order valence-corrected chi connectivity index (χ1v) is 11.6. The van der Waals surface area contributed by atoms with Crippen LogP contribution in [0, 0.1) is 0 Å². The van der Waals surface area contributed by atoms with Crippen molar-refractivity contribution in [2.24, 2.45) is 0 Å². The third-order valence-corrected chi connectivity index (χ3v) is 6.21. The van der Waals surface area contributed by atoms with E-state index in [0.717, 1.165) is 13.1 Å². The highest BCUT2D eigenvalue weighted by molar-refractivity contribution is 6.46. The van der Waals surface area contributed by atoms with Crippen LogP contribution in [-0.2, 0) is 14.3 Å². The van der Waals surface area contributed by atoms with Crippen molar-refractivity contribution in [1.82, 2.24) is 9.80 Å². The molecule has 2 saturated heterocycles. The van der Waals surface area contributed by atoms with Gasteiger partial charge in [0.15, 0.2) is 0 Å². The molecule has 0 aliphatic carbocycles. The van der Waals surface area contributed by atoms with Crippen LogP contribution in [0.2, 0.25) is 5.02 Å². The number of aliphatic hydroxyl groups is 1. The number of hydrogen-bond acceptors (Lipinski definition) is 6. The Hall–Kier alpha value is -3.13. The number of rotatable bonds is 8. The number of carbonyl (C=O) groups excluding carboxylic acids is 2. The number of nitrogens with zero attached hydrogens (tertiary/aromatic N) is 2. The Balaban J connectivity index is 1.73. The third kappa shape index (κ3) is 5.17. The van der Waals surface area contributed by atoms with Crippen LogP contribution in [0.4, 0.5) is 0 Å². The zero-order valence-corrected chi connectivity index (χ0v) is 19.5. The molecule has 0 aromatic heterocycles. The number of benzene rings is 2. The molecule has 7 nitrogen and oxygen atoms in total. The van der Waals surface area contributed by atoms with Crippen LogP contribution in [0.3, 0.4) is 0 Å². The second-order valence-corrected chi connectivity index (χ2v) is 8.56. The minimum absolute atomic E-state index is 0.0511. The Morgan fingerprint density at radius 2 is 1.88 bits per heavy atom. The topological polar surface area (TPSA) is 79.3 Å². The van der Waals surface area contributed by atoms with Gasteiger partial charge in [-0.3, -0.25) is 14.5 Å². The number of ether oxygens (including phenoxy) is 2. The van der Waals surface area contributed by atoms with E-state index in [4.69, 9.17) is 21.1 Å². The van der Waals surface area contributed by atoms with Crippen molar-refractivity contribution >= 4 is 29.1 Å². The molecule has 2 heterocycles. The van der Waals surface area contributed by atoms with Crippen LogP contribution in [-0.4, -0.2) is 72.6 Å². The quantitative estimate of drug-likeness (QED) is 0.268. The van der Waals surface area contributed by atoms with E-state index in [1.54, 1.807) is 48.5 Å². The molecule has 1 N–H and O–H groups in total. The molecule has 2 aromatic carbocycles. The molecule has 34 heavy (non-hydrogen) atoms. The highest BCUT2D eigenvalue weighted by Crippen LogP contribution is 2.40. The average molecular weight is 483 g/mol. The number of morpholine rings is 1. The summed E-state index contributed by atoms with van der Waals surface area (Å²) in [6.45, 7) is 7.74. The SMILES string of the molecule is C=CCOc1cccc(C2/C(=C(\O)c3ccc(Cl)cc3)C(=O)C(=O)N2CCN2CCOCC2)c1. The summed E-state index contributed by atoms with van der Waals surface area (Å²) in [6, 6.07) is 13.0. The molecule has 8 heteroatoms. The number of aliphatic hydroxyl groups excluding tert-OH is 1. The minimum atomic E-state index is -0.746. The molecule has 0 spiro atoms. The van der Waals surface area contributed by atoms with Crippen molar-refractivity contribution in [2.75, 3.05) is 46.0 Å². The van der Waals surface area contributed by atoms with Gasteiger partial charge in [0.05, 0.1) is 24.8 Å². The van der Waals surface area contributed by atoms with E-state index < -0.39 is 17.7 Å². The number of hydrogen-bond donors (Lipinski definition) is 1. The van der Waals surface area contributed by atoms with E-state index in [1.165, 1.54) is 4.90 Å². The number of carbonyl (C=O) groups is 2. The van der Waals surface area contributed by atoms with Gasteiger partial charge in [-0.1, -0.05) is 36.4 Å². The molecular formula is C26H27ClN2O5.